The molecule has 0 aromatic carbocycles. The van der Waals surface area contributed by atoms with Gasteiger partial charge < -0.3 is 15.0 Å². The molecular weight excluding hydrogens is 268 g/mol. The van der Waals surface area contributed by atoms with Gasteiger partial charge in [0.25, 0.3) is 0 Å². The second-order valence-electron chi connectivity index (χ2n) is 6.79. The maximum atomic E-state index is 13.2. The Morgan fingerprint density at radius 1 is 1.14 bits per heavy atom. The van der Waals surface area contributed by atoms with E-state index in [1.807, 2.05) is 11.8 Å². The van der Waals surface area contributed by atoms with Crippen molar-refractivity contribution in [3.8, 4) is 0 Å². The number of ether oxygens (including phenoxy) is 1. The smallest absolute Gasteiger partial charge is 0.249 e. The first-order chi connectivity index (χ1) is 10.1. The molecule has 1 saturated heterocycles. The quantitative estimate of drug-likeness (QED) is 0.841. The summed E-state index contributed by atoms with van der Waals surface area (Å²) in [4.78, 5) is 27.4. The number of amides is 2. The molecule has 2 saturated carbocycles. The van der Waals surface area contributed by atoms with E-state index in [2.05, 4.69) is 5.32 Å². The monoisotopic (exact) mass is 294 g/mol. The SMILES string of the molecule is COC1CCCC1N1C(=O)C2(CCCCC2)NC(=O)C1C. The molecule has 2 amide bonds. The summed E-state index contributed by atoms with van der Waals surface area (Å²) >= 11 is 0. The third kappa shape index (κ3) is 2.35. The highest BCUT2D eigenvalue weighted by Gasteiger charge is 2.53. The first kappa shape index (κ1) is 14.8. The largest absolute Gasteiger partial charge is 0.379 e. The number of methoxy groups -OCH3 is 1. The van der Waals surface area contributed by atoms with Crippen molar-refractivity contribution in [1.29, 1.82) is 0 Å². The van der Waals surface area contributed by atoms with Crippen molar-refractivity contribution in [1.82, 2.24) is 10.2 Å². The Balaban J connectivity index is 1.89. The van der Waals surface area contributed by atoms with Crippen molar-refractivity contribution in [2.24, 2.45) is 0 Å². The molecule has 3 atom stereocenters. The second-order valence-corrected chi connectivity index (χ2v) is 6.79. The van der Waals surface area contributed by atoms with Crippen molar-refractivity contribution < 1.29 is 14.3 Å². The van der Waals surface area contributed by atoms with Gasteiger partial charge in [-0.15, -0.1) is 0 Å². The Bertz CT molecular complexity index is 431. The Morgan fingerprint density at radius 3 is 2.52 bits per heavy atom. The van der Waals surface area contributed by atoms with E-state index >= 15 is 0 Å². The van der Waals surface area contributed by atoms with Crippen LogP contribution in [0.15, 0.2) is 0 Å². The van der Waals surface area contributed by atoms with E-state index in [1.165, 1.54) is 0 Å². The molecule has 2 aliphatic carbocycles. The first-order valence-corrected chi connectivity index (χ1v) is 8.27. The highest BCUT2D eigenvalue weighted by atomic mass is 16.5. The van der Waals surface area contributed by atoms with Crippen LogP contribution in [0.1, 0.15) is 58.3 Å². The zero-order chi connectivity index (χ0) is 15.0. The molecule has 5 heteroatoms. The molecule has 1 N–H and O–H groups in total. The van der Waals surface area contributed by atoms with Crippen molar-refractivity contribution >= 4 is 11.8 Å². The minimum absolute atomic E-state index is 0.00162. The lowest BCUT2D eigenvalue weighted by atomic mass is 9.78. The number of rotatable bonds is 2. The number of carbonyl (C=O) groups excluding carboxylic acids is 2. The van der Waals surface area contributed by atoms with Gasteiger partial charge in [0, 0.05) is 7.11 Å². The normalized spacial score (nSPS) is 36.1. The Kier molecular flexibility index (Phi) is 3.95. The number of nitrogens with zero attached hydrogens (tertiary/aromatic N) is 1. The van der Waals surface area contributed by atoms with Crippen LogP contribution in [0.2, 0.25) is 0 Å². The maximum Gasteiger partial charge on any atom is 0.249 e. The fraction of sp³-hybridized carbons (Fsp3) is 0.875. The molecule has 118 valence electrons. The Morgan fingerprint density at radius 2 is 1.86 bits per heavy atom. The molecule has 0 bridgehead atoms. The van der Waals surface area contributed by atoms with E-state index in [-0.39, 0.29) is 30.0 Å². The molecule has 3 aliphatic rings. The lowest BCUT2D eigenvalue weighted by Gasteiger charge is -2.49. The van der Waals surface area contributed by atoms with Crippen molar-refractivity contribution in [3.63, 3.8) is 0 Å². The van der Waals surface area contributed by atoms with Gasteiger partial charge in [-0.2, -0.15) is 0 Å². The molecule has 3 rings (SSSR count). The summed E-state index contributed by atoms with van der Waals surface area (Å²) in [5.74, 6) is 0.126. The van der Waals surface area contributed by atoms with E-state index in [0.717, 1.165) is 51.4 Å². The summed E-state index contributed by atoms with van der Waals surface area (Å²) < 4.78 is 5.56. The van der Waals surface area contributed by atoms with Crippen LogP contribution in [0.5, 0.6) is 0 Å². The summed E-state index contributed by atoms with van der Waals surface area (Å²) in [7, 11) is 1.71. The third-order valence-corrected chi connectivity index (χ3v) is 5.59. The topological polar surface area (TPSA) is 58.6 Å². The van der Waals surface area contributed by atoms with Crippen molar-refractivity contribution in [2.45, 2.75) is 82.0 Å². The highest BCUT2D eigenvalue weighted by Crippen LogP contribution is 2.37. The lowest BCUT2D eigenvalue weighted by molar-refractivity contribution is -0.161. The number of hydrogen-bond donors (Lipinski definition) is 1. The van der Waals surface area contributed by atoms with Crippen molar-refractivity contribution in [2.75, 3.05) is 7.11 Å². The average Bonchev–Trinajstić information content (AvgIpc) is 2.95. The van der Waals surface area contributed by atoms with E-state index in [0.29, 0.717) is 0 Å². The number of carbonyl (C=O) groups is 2. The molecular formula is C16H26N2O3. The van der Waals surface area contributed by atoms with Crippen LogP contribution in [-0.2, 0) is 14.3 Å². The van der Waals surface area contributed by atoms with Gasteiger partial charge in [-0.05, 0) is 39.0 Å². The van der Waals surface area contributed by atoms with Crippen LogP contribution >= 0.6 is 0 Å². The fourth-order valence-corrected chi connectivity index (χ4v) is 4.37. The molecule has 21 heavy (non-hydrogen) atoms. The van der Waals surface area contributed by atoms with Crippen LogP contribution in [0.25, 0.3) is 0 Å². The third-order valence-electron chi connectivity index (χ3n) is 5.59. The zero-order valence-corrected chi connectivity index (χ0v) is 13.1. The fourth-order valence-electron chi connectivity index (χ4n) is 4.37. The highest BCUT2D eigenvalue weighted by molar-refractivity contribution is 6.00. The zero-order valence-electron chi connectivity index (χ0n) is 13.1. The Labute approximate surface area is 126 Å². The Hall–Kier alpha value is -1.10. The lowest BCUT2D eigenvalue weighted by Crippen LogP contribution is -2.72. The van der Waals surface area contributed by atoms with Gasteiger partial charge in [0.2, 0.25) is 11.8 Å². The van der Waals surface area contributed by atoms with E-state index < -0.39 is 5.54 Å². The van der Waals surface area contributed by atoms with Crippen LogP contribution in [-0.4, -0.2) is 47.6 Å². The predicted octanol–water partition coefficient (Wildman–Crippen LogP) is 1.60. The standard InChI is InChI=1S/C16H26N2O3/c1-11-14(19)17-16(9-4-3-5-10-16)15(20)18(11)12-7-6-8-13(12)21-2/h11-13H,3-10H2,1-2H3,(H,17,19). The van der Waals surface area contributed by atoms with Crippen LogP contribution in [0, 0.1) is 0 Å². The maximum absolute atomic E-state index is 13.2. The molecule has 3 fully saturated rings. The van der Waals surface area contributed by atoms with Crippen molar-refractivity contribution in [3.05, 3.63) is 0 Å². The second kappa shape index (κ2) is 5.59. The summed E-state index contributed by atoms with van der Waals surface area (Å²) in [6.07, 6.45) is 7.82. The molecule has 0 radical (unpaired) electrons. The first-order valence-electron chi connectivity index (χ1n) is 8.27. The van der Waals surface area contributed by atoms with Crippen LogP contribution < -0.4 is 5.32 Å². The summed E-state index contributed by atoms with van der Waals surface area (Å²) in [5, 5.41) is 3.05. The van der Waals surface area contributed by atoms with E-state index in [9.17, 15) is 9.59 Å². The number of nitrogens with one attached hydrogen (secondary N) is 1. The minimum Gasteiger partial charge on any atom is -0.379 e. The summed E-state index contributed by atoms with van der Waals surface area (Å²) in [6, 6.07) is -0.326. The van der Waals surface area contributed by atoms with Gasteiger partial charge in [0.15, 0.2) is 0 Å². The molecule has 1 heterocycles. The molecule has 0 aromatic rings. The van der Waals surface area contributed by atoms with Crippen LogP contribution in [0.3, 0.4) is 0 Å². The summed E-state index contributed by atoms with van der Waals surface area (Å²) in [6.45, 7) is 1.84. The van der Waals surface area contributed by atoms with Crippen LogP contribution in [0.4, 0.5) is 0 Å². The number of piperazine rings is 1. The van der Waals surface area contributed by atoms with E-state index in [4.69, 9.17) is 4.74 Å². The van der Waals surface area contributed by atoms with Gasteiger partial charge in [0.05, 0.1) is 12.1 Å². The minimum atomic E-state index is -0.636. The molecule has 1 aliphatic heterocycles. The average molecular weight is 294 g/mol. The molecule has 5 nitrogen and oxygen atoms in total. The molecule has 0 aromatic heterocycles. The van der Waals surface area contributed by atoms with Gasteiger partial charge in [0.1, 0.15) is 11.6 Å². The predicted molar refractivity (Wildman–Crippen MR) is 78.7 cm³/mol. The van der Waals surface area contributed by atoms with Gasteiger partial charge in [-0.3, -0.25) is 9.59 Å². The van der Waals surface area contributed by atoms with Gasteiger partial charge >= 0.3 is 0 Å². The molecule has 3 unspecified atom stereocenters. The van der Waals surface area contributed by atoms with Gasteiger partial charge in [-0.1, -0.05) is 19.3 Å². The number of hydrogen-bond acceptors (Lipinski definition) is 3. The van der Waals surface area contributed by atoms with E-state index in [1.54, 1.807) is 7.11 Å². The summed E-state index contributed by atoms with van der Waals surface area (Å²) in [5.41, 5.74) is -0.636. The van der Waals surface area contributed by atoms with Gasteiger partial charge in [-0.25, -0.2) is 0 Å². The molecule has 1 spiro atoms.